The monoisotopic (exact) mass is 298 g/mol. The van der Waals surface area contributed by atoms with Crippen molar-refractivity contribution < 1.29 is 23.4 Å². The van der Waals surface area contributed by atoms with E-state index in [0.29, 0.717) is 5.75 Å². The van der Waals surface area contributed by atoms with Gasteiger partial charge >= 0.3 is 7.12 Å². The Hall–Kier alpha value is -0.805. The molecule has 1 fully saturated rings. The summed E-state index contributed by atoms with van der Waals surface area (Å²) >= 11 is 0. The molecule has 0 saturated carbocycles. The summed E-state index contributed by atoms with van der Waals surface area (Å²) in [6.45, 7) is 9.46. The normalized spacial score (nSPS) is 21.8. The summed E-state index contributed by atoms with van der Waals surface area (Å²) in [6, 6.07) is 7.18. The van der Waals surface area contributed by atoms with E-state index in [-0.39, 0.29) is 11.2 Å². The quantitative estimate of drug-likeness (QED) is 0.370. The van der Waals surface area contributed by atoms with E-state index in [4.69, 9.17) is 18.9 Å². The molecule has 2 rings (SSSR count). The van der Waals surface area contributed by atoms with Gasteiger partial charge in [0.1, 0.15) is 0 Å². The standard InChI is InChI=1S/C13H20BO5P/c1-12(2)13(3,4)18-14(17-12)10-7-6-8-11(9-10)16-19-20(5)15/h6-9,20H,1-5H3. The molecule has 7 heteroatoms. The highest BCUT2D eigenvalue weighted by Crippen LogP contribution is 2.36. The maximum absolute atomic E-state index is 10.9. The third-order valence-electron chi connectivity index (χ3n) is 3.64. The second kappa shape index (κ2) is 5.53. The molecular weight excluding hydrogens is 278 g/mol. The minimum Gasteiger partial charge on any atom is -0.399 e. The fourth-order valence-electron chi connectivity index (χ4n) is 1.80. The van der Waals surface area contributed by atoms with Crippen molar-refractivity contribution in [1.29, 1.82) is 0 Å². The minimum absolute atomic E-state index is 0.389. The summed E-state index contributed by atoms with van der Waals surface area (Å²) in [5.41, 5.74) is 0.0553. The largest absolute Gasteiger partial charge is 0.494 e. The average molecular weight is 298 g/mol. The van der Waals surface area contributed by atoms with Crippen LogP contribution in [0.1, 0.15) is 27.7 Å². The van der Waals surface area contributed by atoms with Crippen LogP contribution in [0.5, 0.6) is 5.75 Å². The Labute approximate surface area is 120 Å². The lowest BCUT2D eigenvalue weighted by atomic mass is 9.79. The Morgan fingerprint density at radius 2 is 1.75 bits per heavy atom. The van der Waals surface area contributed by atoms with Crippen LogP contribution in [-0.4, -0.2) is 25.0 Å². The first-order chi connectivity index (χ1) is 9.21. The number of rotatable bonds is 4. The molecule has 20 heavy (non-hydrogen) atoms. The molecule has 1 heterocycles. The van der Waals surface area contributed by atoms with Crippen molar-refractivity contribution in [3.05, 3.63) is 24.3 Å². The lowest BCUT2D eigenvalue weighted by Gasteiger charge is -2.32. The van der Waals surface area contributed by atoms with Gasteiger partial charge in [0.25, 0.3) is 0 Å². The molecule has 110 valence electrons. The van der Waals surface area contributed by atoms with Crippen LogP contribution in [0.15, 0.2) is 24.3 Å². The van der Waals surface area contributed by atoms with Crippen LogP contribution in [0.2, 0.25) is 0 Å². The van der Waals surface area contributed by atoms with E-state index in [9.17, 15) is 4.57 Å². The number of hydrogen-bond donors (Lipinski definition) is 0. The molecule has 0 N–H and O–H groups in total. The molecule has 0 aromatic heterocycles. The van der Waals surface area contributed by atoms with Gasteiger partial charge in [-0.3, -0.25) is 4.57 Å². The first-order valence-corrected chi connectivity index (χ1v) is 8.34. The van der Waals surface area contributed by atoms with E-state index >= 15 is 0 Å². The Kier molecular flexibility index (Phi) is 4.31. The molecule has 1 atom stereocenters. The topological polar surface area (TPSA) is 54.0 Å². The van der Waals surface area contributed by atoms with Crippen LogP contribution in [0.25, 0.3) is 0 Å². The van der Waals surface area contributed by atoms with Gasteiger partial charge in [0, 0.05) is 6.66 Å². The van der Waals surface area contributed by atoms with E-state index in [1.54, 1.807) is 12.1 Å². The molecule has 5 nitrogen and oxygen atoms in total. The van der Waals surface area contributed by atoms with Crippen LogP contribution in [0.3, 0.4) is 0 Å². The molecular formula is C13H20BO5P. The van der Waals surface area contributed by atoms with E-state index < -0.39 is 15.1 Å². The van der Waals surface area contributed by atoms with Gasteiger partial charge in [-0.1, -0.05) is 12.1 Å². The van der Waals surface area contributed by atoms with Crippen molar-refractivity contribution in [2.45, 2.75) is 38.9 Å². The number of hydrogen-bond acceptors (Lipinski definition) is 5. The average Bonchev–Trinajstić information content (AvgIpc) is 2.56. The Morgan fingerprint density at radius 3 is 2.30 bits per heavy atom. The summed E-state index contributed by atoms with van der Waals surface area (Å²) in [4.78, 5) is 4.99. The van der Waals surface area contributed by atoms with Crippen LogP contribution in [0.4, 0.5) is 0 Å². The Morgan fingerprint density at radius 1 is 1.15 bits per heavy atom. The zero-order valence-corrected chi connectivity index (χ0v) is 13.4. The highest BCUT2D eigenvalue weighted by molar-refractivity contribution is 7.37. The molecule has 1 aliphatic rings. The molecule has 0 spiro atoms. The second-order valence-electron chi connectivity index (χ2n) is 5.82. The molecule has 0 bridgehead atoms. The van der Waals surface area contributed by atoms with Crippen LogP contribution < -0.4 is 10.4 Å². The second-order valence-corrected chi connectivity index (χ2v) is 6.97. The zero-order valence-electron chi connectivity index (χ0n) is 12.4. The van der Waals surface area contributed by atoms with Gasteiger partial charge in [-0.2, -0.15) is 0 Å². The van der Waals surface area contributed by atoms with E-state index in [1.807, 2.05) is 39.8 Å². The van der Waals surface area contributed by atoms with Gasteiger partial charge < -0.3 is 14.2 Å². The fourth-order valence-corrected chi connectivity index (χ4v) is 2.01. The molecule has 1 aromatic rings. The third kappa shape index (κ3) is 3.26. The SMILES string of the molecule is C[PH](=O)OOc1cccc(B2OC(C)(C)C(C)(C)O2)c1. The summed E-state index contributed by atoms with van der Waals surface area (Å²) in [5, 5.41) is 0. The molecule has 1 unspecified atom stereocenters. The highest BCUT2D eigenvalue weighted by Gasteiger charge is 2.51. The van der Waals surface area contributed by atoms with Gasteiger partial charge in [-0.15, -0.1) is 4.67 Å². The number of benzene rings is 1. The van der Waals surface area contributed by atoms with Crippen LogP contribution in [0, 0.1) is 0 Å². The lowest BCUT2D eigenvalue weighted by Crippen LogP contribution is -2.41. The summed E-state index contributed by atoms with van der Waals surface area (Å²) in [5.74, 6) is 0.470. The summed E-state index contributed by atoms with van der Waals surface area (Å²) < 4.78 is 27.5. The van der Waals surface area contributed by atoms with Gasteiger partial charge in [0.2, 0.25) is 8.03 Å². The Balaban J connectivity index is 2.14. The van der Waals surface area contributed by atoms with E-state index in [0.717, 1.165) is 5.46 Å². The van der Waals surface area contributed by atoms with Gasteiger partial charge in [0.05, 0.1) is 11.2 Å². The van der Waals surface area contributed by atoms with Crippen molar-refractivity contribution in [3.8, 4) is 5.75 Å². The molecule has 0 radical (unpaired) electrons. The first-order valence-electron chi connectivity index (χ1n) is 6.52. The maximum atomic E-state index is 10.9. The van der Waals surface area contributed by atoms with Crippen LogP contribution >= 0.6 is 8.03 Å². The molecule has 1 aromatic carbocycles. The lowest BCUT2D eigenvalue weighted by molar-refractivity contribution is -0.0908. The molecule has 0 amide bonds. The van der Waals surface area contributed by atoms with Gasteiger partial charge in [0.15, 0.2) is 5.75 Å². The van der Waals surface area contributed by atoms with E-state index in [2.05, 4.69) is 0 Å². The highest BCUT2D eigenvalue weighted by atomic mass is 31.1. The van der Waals surface area contributed by atoms with Gasteiger partial charge in [-0.25, -0.2) is 0 Å². The van der Waals surface area contributed by atoms with Crippen molar-refractivity contribution in [3.63, 3.8) is 0 Å². The summed E-state index contributed by atoms with van der Waals surface area (Å²) in [7, 11) is -2.59. The first kappa shape index (κ1) is 15.6. The van der Waals surface area contributed by atoms with Crippen molar-refractivity contribution in [2.75, 3.05) is 6.66 Å². The maximum Gasteiger partial charge on any atom is 0.494 e. The Bertz CT molecular complexity index is 501. The van der Waals surface area contributed by atoms with E-state index in [1.165, 1.54) is 6.66 Å². The predicted molar refractivity (Wildman–Crippen MR) is 78.8 cm³/mol. The predicted octanol–water partition coefficient (Wildman–Crippen LogP) is 2.40. The molecule has 1 aliphatic heterocycles. The van der Waals surface area contributed by atoms with Crippen molar-refractivity contribution in [2.24, 2.45) is 0 Å². The zero-order chi connectivity index (χ0) is 15.0. The fraction of sp³-hybridized carbons (Fsp3) is 0.538. The molecule has 1 saturated heterocycles. The smallest absolute Gasteiger partial charge is 0.399 e. The molecule has 0 aliphatic carbocycles. The van der Waals surface area contributed by atoms with Crippen LogP contribution in [-0.2, 0) is 18.5 Å². The minimum atomic E-state index is -2.13. The van der Waals surface area contributed by atoms with Crippen molar-refractivity contribution >= 4 is 20.6 Å². The van der Waals surface area contributed by atoms with Gasteiger partial charge in [-0.05, 0) is 45.3 Å². The van der Waals surface area contributed by atoms with Crippen molar-refractivity contribution in [1.82, 2.24) is 0 Å². The third-order valence-corrected chi connectivity index (χ3v) is 3.96. The summed E-state index contributed by atoms with van der Waals surface area (Å²) in [6.07, 6.45) is 0.